The Hall–Kier alpha value is -4.17. The predicted molar refractivity (Wildman–Crippen MR) is 143 cm³/mol. The van der Waals surface area contributed by atoms with Gasteiger partial charge in [0.25, 0.3) is 5.91 Å². The molecule has 0 radical (unpaired) electrons. The Morgan fingerprint density at radius 2 is 1.84 bits per heavy atom. The van der Waals surface area contributed by atoms with Crippen molar-refractivity contribution in [1.82, 2.24) is 30.2 Å². The number of alkyl halides is 3. The number of nitrogens with zero attached hydrogens (tertiary/aromatic N) is 5. The van der Waals surface area contributed by atoms with E-state index in [4.69, 9.17) is 4.98 Å². The Bertz CT molecular complexity index is 1600. The number of likely N-dealkylation sites (tertiary alicyclic amines) is 1. The van der Waals surface area contributed by atoms with Gasteiger partial charge in [0.2, 0.25) is 17.6 Å². The third-order valence-electron chi connectivity index (χ3n) is 8.61. The van der Waals surface area contributed by atoms with Crippen molar-refractivity contribution in [2.45, 2.75) is 64.0 Å². The van der Waals surface area contributed by atoms with Gasteiger partial charge in [-0.05, 0) is 30.5 Å². The highest BCUT2D eigenvalue weighted by atomic mass is 19.4. The van der Waals surface area contributed by atoms with Crippen LogP contribution in [0.1, 0.15) is 66.3 Å². The summed E-state index contributed by atoms with van der Waals surface area (Å²) in [6, 6.07) is 9.43. The number of carbonyl (C=O) groups excluding carboxylic acids is 3. The second-order valence-corrected chi connectivity index (χ2v) is 11.9. The van der Waals surface area contributed by atoms with Crippen LogP contribution in [-0.4, -0.2) is 66.9 Å². The van der Waals surface area contributed by atoms with E-state index in [9.17, 15) is 32.7 Å². The number of aliphatic hydroxyl groups is 1. The van der Waals surface area contributed by atoms with Crippen LogP contribution >= 0.6 is 0 Å². The summed E-state index contributed by atoms with van der Waals surface area (Å²) in [6.07, 6.45) is -3.93. The molecule has 0 aliphatic carbocycles. The number of aromatic nitrogens is 3. The van der Waals surface area contributed by atoms with Crippen LogP contribution in [0.3, 0.4) is 0 Å². The predicted octanol–water partition coefficient (Wildman–Crippen LogP) is 3.03. The lowest BCUT2D eigenvalue weighted by Crippen LogP contribution is -2.55. The number of pyridine rings is 1. The van der Waals surface area contributed by atoms with Crippen molar-refractivity contribution in [3.8, 4) is 11.4 Å². The number of amides is 3. The van der Waals surface area contributed by atoms with Crippen molar-refractivity contribution in [3.63, 3.8) is 0 Å². The molecule has 3 aliphatic heterocycles. The fourth-order valence-corrected chi connectivity index (χ4v) is 6.18. The molecule has 2 N–H and O–H groups in total. The van der Waals surface area contributed by atoms with Crippen LogP contribution in [0, 0.1) is 5.41 Å². The van der Waals surface area contributed by atoms with Crippen LogP contribution in [-0.2, 0) is 34.5 Å². The summed E-state index contributed by atoms with van der Waals surface area (Å²) in [4.78, 5) is 48.8. The van der Waals surface area contributed by atoms with Crippen molar-refractivity contribution >= 4 is 17.7 Å². The van der Waals surface area contributed by atoms with Crippen LogP contribution in [0.2, 0.25) is 0 Å². The van der Waals surface area contributed by atoms with Gasteiger partial charge in [0.05, 0.1) is 23.5 Å². The molecular weight excluding hydrogens is 569 g/mol. The lowest BCUT2D eigenvalue weighted by molar-refractivity contribution is -0.159. The van der Waals surface area contributed by atoms with Crippen molar-refractivity contribution < 1.29 is 37.2 Å². The van der Waals surface area contributed by atoms with Crippen LogP contribution in [0.5, 0.6) is 0 Å². The van der Waals surface area contributed by atoms with Gasteiger partial charge in [-0.3, -0.25) is 29.6 Å². The second kappa shape index (κ2) is 10.2. The minimum atomic E-state index is -4.71. The summed E-state index contributed by atoms with van der Waals surface area (Å²) in [6.45, 7) is 5.63. The third-order valence-corrected chi connectivity index (χ3v) is 8.61. The van der Waals surface area contributed by atoms with Crippen molar-refractivity contribution in [2.75, 3.05) is 13.1 Å². The third kappa shape index (κ3) is 5.18. The number of carbonyl (C=O) groups is 3. The number of piperidine rings is 2. The van der Waals surface area contributed by atoms with Crippen LogP contribution < -0.4 is 5.32 Å². The topological polar surface area (TPSA) is 142 Å². The Balaban J connectivity index is 1.13. The number of hydrogen-bond donors (Lipinski definition) is 2. The molecule has 6 rings (SSSR count). The highest BCUT2D eigenvalue weighted by Gasteiger charge is 2.50. The molecule has 2 saturated heterocycles. The van der Waals surface area contributed by atoms with E-state index in [1.807, 2.05) is 13.8 Å². The standard InChI is InChI=1S/C29H29F3N6O5/c1-27(2)15-37(13-16-3-5-17(6-4-16)23-35-26(43-36-23)29(30,31)32)12-11-28(27,42)21-9-7-18-19(33-21)14-38(25(18)41)20-8-10-22(39)34-24(20)40/h3-7,9,20,42H,8,10-15H2,1-2H3,(H,34,39,40). The molecule has 1 aromatic carbocycles. The summed E-state index contributed by atoms with van der Waals surface area (Å²) in [5, 5.41) is 17.7. The van der Waals surface area contributed by atoms with Crippen molar-refractivity contribution in [1.29, 1.82) is 0 Å². The van der Waals surface area contributed by atoms with Gasteiger partial charge in [-0.15, -0.1) is 0 Å². The molecular formula is C29H29F3N6O5. The zero-order valence-electron chi connectivity index (χ0n) is 23.4. The first kappa shape index (κ1) is 28.9. The molecule has 11 nitrogen and oxygen atoms in total. The fraction of sp³-hybridized carbons (Fsp3) is 0.448. The molecule has 226 valence electrons. The largest absolute Gasteiger partial charge is 0.471 e. The summed E-state index contributed by atoms with van der Waals surface area (Å²) < 4.78 is 42.7. The Morgan fingerprint density at radius 3 is 2.49 bits per heavy atom. The first-order chi connectivity index (χ1) is 20.2. The Kier molecular flexibility index (Phi) is 6.88. The lowest BCUT2D eigenvalue weighted by Gasteiger charge is -2.50. The zero-order valence-corrected chi connectivity index (χ0v) is 23.4. The molecule has 3 aliphatic rings. The smallest absolute Gasteiger partial charge is 0.383 e. The molecule has 3 aromatic rings. The number of hydrogen-bond acceptors (Lipinski definition) is 9. The molecule has 2 fully saturated rings. The number of fused-ring (bicyclic) bond motifs is 1. The maximum Gasteiger partial charge on any atom is 0.471 e. The highest BCUT2D eigenvalue weighted by Crippen LogP contribution is 2.46. The SMILES string of the molecule is CC1(C)CN(Cc2ccc(-c3noc(C(F)(F)F)n3)cc2)CCC1(O)c1ccc2c(n1)CN(C1CCC(=O)NC1=O)C2=O. The number of imide groups is 1. The van der Waals surface area contributed by atoms with E-state index >= 15 is 0 Å². The van der Waals surface area contributed by atoms with E-state index in [2.05, 4.69) is 24.9 Å². The maximum absolute atomic E-state index is 13.1. The molecule has 0 bridgehead atoms. The molecule has 0 spiro atoms. The maximum atomic E-state index is 13.1. The average Bonchev–Trinajstić information content (AvgIpc) is 3.57. The number of benzene rings is 1. The van der Waals surface area contributed by atoms with Crippen LogP contribution in [0.25, 0.3) is 11.4 Å². The summed E-state index contributed by atoms with van der Waals surface area (Å²) >= 11 is 0. The van der Waals surface area contributed by atoms with Gasteiger partial charge in [-0.25, -0.2) is 0 Å². The number of halogens is 3. The quantitative estimate of drug-likeness (QED) is 0.424. The van der Waals surface area contributed by atoms with Gasteiger partial charge in [-0.1, -0.05) is 43.3 Å². The first-order valence-electron chi connectivity index (χ1n) is 13.9. The van der Waals surface area contributed by atoms with Crippen LogP contribution in [0.15, 0.2) is 40.9 Å². The van der Waals surface area contributed by atoms with Gasteiger partial charge < -0.3 is 14.5 Å². The molecule has 2 unspecified atom stereocenters. The van der Waals surface area contributed by atoms with Crippen molar-refractivity contribution in [3.05, 3.63) is 64.8 Å². The zero-order chi connectivity index (χ0) is 30.7. The van der Waals surface area contributed by atoms with E-state index in [0.29, 0.717) is 48.6 Å². The van der Waals surface area contributed by atoms with E-state index in [-0.39, 0.29) is 37.0 Å². The number of nitrogens with one attached hydrogen (secondary N) is 1. The first-order valence-corrected chi connectivity index (χ1v) is 13.9. The van der Waals surface area contributed by atoms with Gasteiger partial charge in [0.15, 0.2) is 0 Å². The van der Waals surface area contributed by atoms with Gasteiger partial charge in [0, 0.05) is 37.0 Å². The number of rotatable bonds is 5. The molecule has 2 aromatic heterocycles. The molecule has 2 atom stereocenters. The van der Waals surface area contributed by atoms with Crippen LogP contribution in [0.4, 0.5) is 13.2 Å². The molecule has 5 heterocycles. The van der Waals surface area contributed by atoms with E-state index in [0.717, 1.165) is 5.56 Å². The molecule has 14 heteroatoms. The summed E-state index contributed by atoms with van der Waals surface area (Å²) in [5.74, 6) is -2.72. The molecule has 43 heavy (non-hydrogen) atoms. The van der Waals surface area contributed by atoms with Gasteiger partial charge in [0.1, 0.15) is 11.6 Å². The molecule has 3 amide bonds. The minimum absolute atomic E-state index is 0.119. The Labute approximate surface area is 244 Å². The van der Waals surface area contributed by atoms with Gasteiger partial charge in [-0.2, -0.15) is 18.2 Å². The van der Waals surface area contributed by atoms with E-state index in [1.54, 1.807) is 36.4 Å². The fourth-order valence-electron chi connectivity index (χ4n) is 6.18. The lowest BCUT2D eigenvalue weighted by atomic mass is 9.68. The van der Waals surface area contributed by atoms with E-state index in [1.165, 1.54) is 4.90 Å². The minimum Gasteiger partial charge on any atom is -0.383 e. The monoisotopic (exact) mass is 598 g/mol. The summed E-state index contributed by atoms with van der Waals surface area (Å²) in [5.41, 5.74) is 0.714. The normalized spacial score (nSPS) is 24.3. The van der Waals surface area contributed by atoms with Crippen molar-refractivity contribution in [2.24, 2.45) is 5.41 Å². The Morgan fingerprint density at radius 1 is 1.09 bits per heavy atom. The molecule has 0 saturated carbocycles. The second-order valence-electron chi connectivity index (χ2n) is 11.9. The summed E-state index contributed by atoms with van der Waals surface area (Å²) in [7, 11) is 0. The van der Waals surface area contributed by atoms with Gasteiger partial charge >= 0.3 is 12.1 Å². The van der Waals surface area contributed by atoms with E-state index < -0.39 is 35.0 Å². The average molecular weight is 599 g/mol. The highest BCUT2D eigenvalue weighted by molar-refractivity contribution is 6.05.